The van der Waals surface area contributed by atoms with Crippen LogP contribution < -0.4 is 4.74 Å². The van der Waals surface area contributed by atoms with Gasteiger partial charge >= 0.3 is 11.9 Å². The molecule has 3 aromatic carbocycles. The molecule has 4 rings (SSSR count). The number of carboxylic acid groups (broad SMARTS) is 1. The Morgan fingerprint density at radius 3 is 2.44 bits per heavy atom. The van der Waals surface area contributed by atoms with E-state index in [0.29, 0.717) is 17.1 Å². The average Bonchev–Trinajstić information content (AvgIpc) is 3.16. The fourth-order valence-corrected chi connectivity index (χ4v) is 3.23. The van der Waals surface area contributed by atoms with Crippen LogP contribution in [0, 0.1) is 5.82 Å². The largest absolute Gasteiger partial charge is 0.479 e. The second-order valence-electron chi connectivity index (χ2n) is 6.79. The number of cyclic esters (lactones) is 1. The molecule has 0 aromatic heterocycles. The highest BCUT2D eigenvalue weighted by Gasteiger charge is 2.49. The van der Waals surface area contributed by atoms with Crippen LogP contribution in [0.25, 0.3) is 6.08 Å². The van der Waals surface area contributed by atoms with Gasteiger partial charge in [-0.2, -0.15) is 0 Å². The summed E-state index contributed by atoms with van der Waals surface area (Å²) in [7, 11) is 0. The van der Waals surface area contributed by atoms with Gasteiger partial charge in [0.1, 0.15) is 17.3 Å². The maximum Gasteiger partial charge on any atom is 0.363 e. The Morgan fingerprint density at radius 1 is 1.03 bits per heavy atom. The van der Waals surface area contributed by atoms with Gasteiger partial charge in [0.25, 0.3) is 0 Å². The van der Waals surface area contributed by atoms with E-state index in [9.17, 15) is 19.1 Å². The van der Waals surface area contributed by atoms with Gasteiger partial charge in [-0.15, -0.1) is 0 Å². The lowest BCUT2D eigenvalue weighted by Gasteiger charge is -2.20. The van der Waals surface area contributed by atoms with Gasteiger partial charge in [0.15, 0.2) is 5.70 Å². The quantitative estimate of drug-likeness (QED) is 0.319. The minimum Gasteiger partial charge on any atom is -0.479 e. The lowest BCUT2D eigenvalue weighted by molar-refractivity contribution is -0.139. The normalized spacial score (nSPS) is 16.2. The first-order valence-corrected chi connectivity index (χ1v) is 9.78. The summed E-state index contributed by atoms with van der Waals surface area (Å²) in [6.07, 6.45) is 1.43. The molecule has 32 heavy (non-hydrogen) atoms. The smallest absolute Gasteiger partial charge is 0.363 e. The van der Waals surface area contributed by atoms with E-state index in [-0.39, 0.29) is 17.1 Å². The van der Waals surface area contributed by atoms with Gasteiger partial charge in [-0.3, -0.25) is 0 Å². The van der Waals surface area contributed by atoms with E-state index in [4.69, 9.17) is 21.1 Å². The number of aliphatic imine (C=N–C) groups is 1. The Morgan fingerprint density at radius 2 is 1.75 bits per heavy atom. The number of aliphatic carboxylic acids is 1. The molecule has 160 valence electrons. The highest BCUT2D eigenvalue weighted by Crippen LogP contribution is 2.35. The van der Waals surface area contributed by atoms with Gasteiger partial charge in [-0.1, -0.05) is 54.1 Å². The number of alkyl halides is 1. The summed E-state index contributed by atoms with van der Waals surface area (Å²) >= 11 is 6.38. The first-order valence-electron chi connectivity index (χ1n) is 9.40. The SMILES string of the molecule is O=C1OC(C(Cl)(C(=O)O)c2ccccc2)=NC1=Cc1cccc(Oc2ccc(F)cc2)c1. The van der Waals surface area contributed by atoms with Crippen LogP contribution in [-0.4, -0.2) is 22.9 Å². The molecule has 3 aromatic rings. The van der Waals surface area contributed by atoms with Crippen molar-refractivity contribution in [2.75, 3.05) is 0 Å². The lowest BCUT2D eigenvalue weighted by Crippen LogP contribution is -2.39. The molecule has 8 heteroatoms. The van der Waals surface area contributed by atoms with Crippen molar-refractivity contribution in [2.24, 2.45) is 4.99 Å². The van der Waals surface area contributed by atoms with Crippen LogP contribution in [0.4, 0.5) is 4.39 Å². The molecule has 0 fully saturated rings. The summed E-state index contributed by atoms with van der Waals surface area (Å²) in [5.41, 5.74) is 0.648. The molecule has 0 bridgehead atoms. The molecule has 0 saturated heterocycles. The summed E-state index contributed by atoms with van der Waals surface area (Å²) in [6.45, 7) is 0. The van der Waals surface area contributed by atoms with E-state index in [1.54, 1.807) is 42.5 Å². The Kier molecular flexibility index (Phi) is 5.75. The average molecular weight is 452 g/mol. The van der Waals surface area contributed by atoms with Gasteiger partial charge in [-0.25, -0.2) is 19.0 Å². The van der Waals surface area contributed by atoms with E-state index in [2.05, 4.69) is 4.99 Å². The third-order valence-electron chi connectivity index (χ3n) is 4.59. The van der Waals surface area contributed by atoms with Crippen molar-refractivity contribution in [1.82, 2.24) is 0 Å². The Labute approximate surface area is 187 Å². The summed E-state index contributed by atoms with van der Waals surface area (Å²) in [5.74, 6) is -2.18. The molecule has 6 nitrogen and oxygen atoms in total. The number of hydrogen-bond donors (Lipinski definition) is 1. The van der Waals surface area contributed by atoms with Crippen LogP contribution in [0.1, 0.15) is 11.1 Å². The molecule has 0 aliphatic carbocycles. The van der Waals surface area contributed by atoms with E-state index < -0.39 is 22.7 Å². The fourth-order valence-electron chi connectivity index (χ4n) is 3.03. The molecule has 1 unspecified atom stereocenters. The number of rotatable bonds is 6. The highest BCUT2D eigenvalue weighted by atomic mass is 35.5. The van der Waals surface area contributed by atoms with Crippen molar-refractivity contribution in [1.29, 1.82) is 0 Å². The number of esters is 1. The van der Waals surface area contributed by atoms with Crippen molar-refractivity contribution in [2.45, 2.75) is 4.87 Å². The molecule has 0 amide bonds. The zero-order chi connectivity index (χ0) is 22.7. The third kappa shape index (κ3) is 4.24. The van der Waals surface area contributed by atoms with Crippen LogP contribution >= 0.6 is 11.6 Å². The molecular formula is C24H15ClFNO5. The number of ether oxygens (including phenoxy) is 2. The monoisotopic (exact) mass is 451 g/mol. The zero-order valence-electron chi connectivity index (χ0n) is 16.4. The fraction of sp³-hybridized carbons (Fsp3) is 0.0417. The second-order valence-corrected chi connectivity index (χ2v) is 7.36. The van der Waals surface area contributed by atoms with Crippen LogP contribution in [0.5, 0.6) is 11.5 Å². The number of carboxylic acids is 1. The van der Waals surface area contributed by atoms with Gasteiger partial charge < -0.3 is 14.6 Å². The molecule has 0 spiro atoms. The van der Waals surface area contributed by atoms with Crippen LogP contribution in [0.15, 0.2) is 89.6 Å². The maximum atomic E-state index is 13.1. The zero-order valence-corrected chi connectivity index (χ0v) is 17.1. The first-order chi connectivity index (χ1) is 15.4. The minimum atomic E-state index is -2.15. The van der Waals surface area contributed by atoms with Crippen LogP contribution in [0.3, 0.4) is 0 Å². The first kappa shape index (κ1) is 21.3. The number of carbonyl (C=O) groups excluding carboxylic acids is 1. The summed E-state index contributed by atoms with van der Waals surface area (Å²) in [4.78, 5) is 26.2. The second kappa shape index (κ2) is 8.64. The van der Waals surface area contributed by atoms with Crippen LogP contribution in [0.2, 0.25) is 0 Å². The predicted octanol–water partition coefficient (Wildman–Crippen LogP) is 5.13. The van der Waals surface area contributed by atoms with Crippen molar-refractivity contribution in [3.8, 4) is 11.5 Å². The Hall–Kier alpha value is -3.97. The molecular weight excluding hydrogens is 437 g/mol. The van der Waals surface area contributed by atoms with E-state index >= 15 is 0 Å². The summed E-state index contributed by atoms with van der Waals surface area (Å²) < 4.78 is 23.9. The maximum absolute atomic E-state index is 13.1. The minimum absolute atomic E-state index is 0.110. The van der Waals surface area contributed by atoms with E-state index in [1.807, 2.05) is 0 Å². The van der Waals surface area contributed by atoms with Gasteiger partial charge in [-0.05, 0) is 53.6 Å². The summed E-state index contributed by atoms with van der Waals surface area (Å²) in [6, 6.07) is 20.2. The molecule has 1 aliphatic heterocycles. The Balaban J connectivity index is 1.64. The molecule has 0 radical (unpaired) electrons. The number of benzene rings is 3. The predicted molar refractivity (Wildman–Crippen MR) is 116 cm³/mol. The lowest BCUT2D eigenvalue weighted by atomic mass is 9.98. The van der Waals surface area contributed by atoms with Crippen molar-refractivity contribution < 1.29 is 28.6 Å². The van der Waals surface area contributed by atoms with Crippen molar-refractivity contribution >= 4 is 35.5 Å². The van der Waals surface area contributed by atoms with Crippen molar-refractivity contribution in [3.05, 3.63) is 102 Å². The van der Waals surface area contributed by atoms with Crippen LogP contribution in [-0.2, 0) is 19.2 Å². The van der Waals surface area contributed by atoms with E-state index in [0.717, 1.165) is 0 Å². The topological polar surface area (TPSA) is 85.2 Å². The highest BCUT2D eigenvalue weighted by molar-refractivity contribution is 6.46. The Bertz CT molecular complexity index is 1240. The molecule has 0 saturated carbocycles. The van der Waals surface area contributed by atoms with E-state index in [1.165, 1.54) is 42.5 Å². The number of halogens is 2. The van der Waals surface area contributed by atoms with Crippen molar-refractivity contribution in [3.63, 3.8) is 0 Å². The molecule has 1 aliphatic rings. The van der Waals surface area contributed by atoms with Gasteiger partial charge in [0, 0.05) is 0 Å². The molecule has 1 N–H and O–H groups in total. The molecule has 1 heterocycles. The molecule has 1 atom stereocenters. The van der Waals surface area contributed by atoms with Gasteiger partial charge in [0.05, 0.1) is 0 Å². The standard InChI is InChI=1S/C24H15ClFNO5/c25-24(23(29)30,16-6-2-1-3-7-16)22-27-20(21(28)32-22)14-15-5-4-8-19(13-15)31-18-11-9-17(26)10-12-18/h1-14H,(H,29,30). The number of nitrogens with zero attached hydrogens (tertiary/aromatic N) is 1. The third-order valence-corrected chi connectivity index (χ3v) is 5.13. The summed E-state index contributed by atoms with van der Waals surface area (Å²) in [5, 5.41) is 9.74. The number of hydrogen-bond acceptors (Lipinski definition) is 5. The van der Waals surface area contributed by atoms with Gasteiger partial charge in [0.2, 0.25) is 10.8 Å². The number of carbonyl (C=O) groups is 2.